The third-order valence-corrected chi connectivity index (χ3v) is 11.5. The molecule has 0 aliphatic carbocycles. The topological polar surface area (TPSA) is 128 Å². The van der Waals surface area contributed by atoms with Crippen molar-refractivity contribution in [3.8, 4) is 11.3 Å². The van der Waals surface area contributed by atoms with Gasteiger partial charge in [0, 0.05) is 80.1 Å². The first-order chi connectivity index (χ1) is 29.4. The predicted octanol–water partition coefficient (Wildman–Crippen LogP) is 7.22. The van der Waals surface area contributed by atoms with Gasteiger partial charge in [-0.2, -0.15) is 13.2 Å². The normalized spacial score (nSPS) is 15.3. The van der Waals surface area contributed by atoms with Gasteiger partial charge in [-0.25, -0.2) is 4.31 Å². The van der Waals surface area contributed by atoms with Gasteiger partial charge in [0.1, 0.15) is 6.73 Å². The van der Waals surface area contributed by atoms with Gasteiger partial charge in [-0.3, -0.25) is 24.3 Å². The number of anilines is 2. The summed E-state index contributed by atoms with van der Waals surface area (Å²) in [4.78, 5) is 48.7. The molecule has 0 saturated carbocycles. The van der Waals surface area contributed by atoms with Gasteiger partial charge in [0.15, 0.2) is 0 Å². The molecule has 4 aromatic rings. The number of ether oxygens (including phenoxy) is 2. The van der Waals surface area contributed by atoms with Crippen molar-refractivity contribution < 1.29 is 37.0 Å². The molecule has 326 valence electrons. The van der Waals surface area contributed by atoms with E-state index < -0.39 is 17.6 Å². The number of hydrogen-bond acceptors (Lipinski definition) is 10. The van der Waals surface area contributed by atoms with Gasteiger partial charge in [-0.05, 0) is 99.0 Å². The molecule has 2 aliphatic heterocycles. The number of aromatic nitrogens is 1. The van der Waals surface area contributed by atoms with Crippen LogP contribution in [0.2, 0.25) is 0 Å². The van der Waals surface area contributed by atoms with Gasteiger partial charge < -0.3 is 30.3 Å². The van der Waals surface area contributed by atoms with E-state index in [1.165, 1.54) is 30.3 Å². The minimum Gasteiger partial charge on any atom is -0.379 e. The smallest absolute Gasteiger partial charge is 0.379 e. The molecule has 1 aromatic heterocycles. The number of nitrogens with zero attached hydrogens (tertiary/aromatic N) is 4. The van der Waals surface area contributed by atoms with Crippen LogP contribution in [0.1, 0.15) is 70.0 Å². The third-order valence-electron chi connectivity index (χ3n) is 10.5. The van der Waals surface area contributed by atoms with E-state index in [-0.39, 0.29) is 36.4 Å². The lowest BCUT2D eigenvalue weighted by Gasteiger charge is -2.29. The van der Waals surface area contributed by atoms with E-state index in [9.17, 15) is 27.6 Å². The predicted molar refractivity (Wildman–Crippen MR) is 232 cm³/mol. The number of rotatable bonds is 18. The van der Waals surface area contributed by atoms with Crippen LogP contribution in [-0.4, -0.2) is 104 Å². The van der Waals surface area contributed by atoms with Crippen molar-refractivity contribution in [1.82, 2.24) is 24.8 Å². The second-order valence-corrected chi connectivity index (χ2v) is 16.4. The molecule has 3 aromatic carbocycles. The molecule has 1 atom stereocenters. The number of amides is 3. The number of carbonyl (C=O) groups is 3. The Hall–Kier alpha value is -5.00. The second-order valence-electron chi connectivity index (χ2n) is 15.3. The zero-order valence-corrected chi connectivity index (χ0v) is 35.5. The van der Waals surface area contributed by atoms with Crippen LogP contribution in [0.3, 0.4) is 0 Å². The van der Waals surface area contributed by atoms with Crippen molar-refractivity contribution in [2.24, 2.45) is 0 Å². The fraction of sp³-hybridized carbons (Fsp3) is 0.422. The number of benzene rings is 3. The number of piperidine rings is 1. The largest absolute Gasteiger partial charge is 0.416 e. The van der Waals surface area contributed by atoms with Gasteiger partial charge >= 0.3 is 6.18 Å². The molecule has 61 heavy (non-hydrogen) atoms. The number of halogens is 3. The number of alkyl halides is 3. The first-order valence-corrected chi connectivity index (χ1v) is 21.6. The number of morpholine rings is 1. The van der Waals surface area contributed by atoms with Crippen LogP contribution < -0.4 is 20.9 Å². The van der Waals surface area contributed by atoms with E-state index in [4.69, 9.17) is 9.47 Å². The Balaban J connectivity index is 1.06. The number of hydrogen-bond donors (Lipinski definition) is 3. The molecule has 3 heterocycles. The van der Waals surface area contributed by atoms with Crippen molar-refractivity contribution in [1.29, 1.82) is 0 Å². The van der Waals surface area contributed by atoms with Crippen molar-refractivity contribution in [3.63, 3.8) is 0 Å². The molecule has 2 saturated heterocycles. The van der Waals surface area contributed by atoms with E-state index in [1.54, 1.807) is 18.2 Å². The van der Waals surface area contributed by atoms with Crippen molar-refractivity contribution in [3.05, 3.63) is 113 Å². The van der Waals surface area contributed by atoms with Gasteiger partial charge in [-0.1, -0.05) is 36.2 Å². The highest BCUT2D eigenvalue weighted by Crippen LogP contribution is 2.34. The Bertz CT molecular complexity index is 2100. The standard InChI is InChI=1S/C45H54F3N7O5S/c1-32(24-42(56)50-16-19-54-20-22-59-23-21-54)60-31-53(2)61-30-34-9-6-10-35(25-34)44(58)52-40-13-12-38(55-17-4-3-5-18-55)28-39(40)41-27-36(14-15-49-41)43(57)51-29-33-8-7-11-37(26-33)45(46,47)48/h6-15,25-28,32H,3-5,16-24,29-31H2,1-2H3,(H,50,56)(H,51,57)(H,52,58). The maximum absolute atomic E-state index is 13.8. The van der Waals surface area contributed by atoms with E-state index in [2.05, 4.69) is 30.7 Å². The number of nitrogens with one attached hydrogen (secondary N) is 3. The van der Waals surface area contributed by atoms with Gasteiger partial charge in [0.25, 0.3) is 11.8 Å². The summed E-state index contributed by atoms with van der Waals surface area (Å²) in [5.74, 6) is -0.250. The van der Waals surface area contributed by atoms with Crippen LogP contribution in [0, 0.1) is 0 Å². The van der Waals surface area contributed by atoms with E-state index in [0.29, 0.717) is 47.1 Å². The lowest BCUT2D eigenvalue weighted by Crippen LogP contribution is -2.41. The van der Waals surface area contributed by atoms with E-state index >= 15 is 0 Å². The summed E-state index contributed by atoms with van der Waals surface area (Å²) in [5.41, 5.74) is 3.76. The van der Waals surface area contributed by atoms with Crippen LogP contribution in [0.4, 0.5) is 24.5 Å². The Labute approximate surface area is 359 Å². The Morgan fingerprint density at radius 3 is 2.43 bits per heavy atom. The van der Waals surface area contributed by atoms with Crippen LogP contribution in [0.5, 0.6) is 0 Å². The highest BCUT2D eigenvalue weighted by molar-refractivity contribution is 7.96. The molecular formula is C45H54F3N7O5S. The van der Waals surface area contributed by atoms with Crippen LogP contribution in [-0.2, 0) is 32.7 Å². The Morgan fingerprint density at radius 1 is 0.885 bits per heavy atom. The van der Waals surface area contributed by atoms with E-state index in [0.717, 1.165) is 88.6 Å². The Kier molecular flexibility index (Phi) is 16.6. The summed E-state index contributed by atoms with van der Waals surface area (Å²) in [6.07, 6.45) is 0.321. The molecule has 2 aliphatic rings. The maximum atomic E-state index is 13.8. The first-order valence-electron chi connectivity index (χ1n) is 20.6. The molecule has 0 radical (unpaired) electrons. The fourth-order valence-electron chi connectivity index (χ4n) is 7.08. The Morgan fingerprint density at radius 2 is 1.64 bits per heavy atom. The summed E-state index contributed by atoms with van der Waals surface area (Å²) in [5, 5.41) is 8.76. The van der Waals surface area contributed by atoms with Crippen LogP contribution >= 0.6 is 11.9 Å². The molecule has 0 spiro atoms. The first kappa shape index (κ1) is 45.5. The summed E-state index contributed by atoms with van der Waals surface area (Å²) >= 11 is 1.54. The lowest BCUT2D eigenvalue weighted by atomic mass is 10.0. The van der Waals surface area contributed by atoms with Gasteiger partial charge in [0.2, 0.25) is 5.91 Å². The number of pyridine rings is 1. The highest BCUT2D eigenvalue weighted by atomic mass is 32.2. The molecule has 3 amide bonds. The SMILES string of the molecule is CC(CC(=O)NCCN1CCOCC1)OCN(C)SCc1cccc(C(=O)Nc2ccc(N3CCCCC3)cc2-c2cc(C(=O)NCc3cccc(C(F)(F)F)c3)ccn2)c1. The average molecular weight is 862 g/mol. The van der Waals surface area contributed by atoms with Crippen molar-refractivity contribution in [2.75, 3.05) is 76.5 Å². The van der Waals surface area contributed by atoms with Crippen LogP contribution in [0.25, 0.3) is 11.3 Å². The summed E-state index contributed by atoms with van der Waals surface area (Å²) in [6, 6.07) is 21.2. The highest BCUT2D eigenvalue weighted by Gasteiger charge is 2.30. The zero-order valence-electron chi connectivity index (χ0n) is 34.6. The fourth-order valence-corrected chi connectivity index (χ4v) is 7.77. The minimum atomic E-state index is -4.49. The molecule has 3 N–H and O–H groups in total. The quantitative estimate of drug-likeness (QED) is 0.0698. The average Bonchev–Trinajstić information content (AvgIpc) is 3.27. The molecule has 16 heteroatoms. The van der Waals surface area contributed by atoms with Crippen molar-refractivity contribution in [2.45, 2.75) is 57.2 Å². The maximum Gasteiger partial charge on any atom is 0.416 e. The molecule has 12 nitrogen and oxygen atoms in total. The monoisotopic (exact) mass is 861 g/mol. The molecular weight excluding hydrogens is 808 g/mol. The van der Waals surface area contributed by atoms with Gasteiger partial charge in [-0.15, -0.1) is 0 Å². The molecule has 2 fully saturated rings. The third kappa shape index (κ3) is 14.0. The van der Waals surface area contributed by atoms with Crippen LogP contribution in [0.15, 0.2) is 85.1 Å². The van der Waals surface area contributed by atoms with Crippen molar-refractivity contribution >= 4 is 41.0 Å². The number of carbonyl (C=O) groups excluding carboxylic acids is 3. The summed E-state index contributed by atoms with van der Waals surface area (Å²) in [7, 11) is 1.91. The van der Waals surface area contributed by atoms with E-state index in [1.807, 2.05) is 54.7 Å². The summed E-state index contributed by atoms with van der Waals surface area (Å²) in [6.45, 7) is 8.51. The minimum absolute atomic E-state index is 0.0427. The second kappa shape index (κ2) is 22.2. The molecule has 6 rings (SSSR count). The lowest BCUT2D eigenvalue weighted by molar-refractivity contribution is -0.137. The molecule has 1 unspecified atom stereocenters. The zero-order chi connectivity index (χ0) is 43.2. The van der Waals surface area contributed by atoms with Gasteiger partial charge in [0.05, 0.1) is 42.7 Å². The molecule has 0 bridgehead atoms. The summed E-state index contributed by atoms with van der Waals surface area (Å²) < 4.78 is 53.0.